The Hall–Kier alpha value is -2.58. The van der Waals surface area contributed by atoms with Crippen molar-refractivity contribution in [3.05, 3.63) is 35.3 Å². The summed E-state index contributed by atoms with van der Waals surface area (Å²) in [7, 11) is 4.03. The van der Waals surface area contributed by atoms with Crippen molar-refractivity contribution in [2.24, 2.45) is 0 Å². The maximum atomic E-state index is 12.4. The first-order chi connectivity index (χ1) is 14.8. The lowest BCUT2D eigenvalue weighted by Gasteiger charge is -2.15. The summed E-state index contributed by atoms with van der Waals surface area (Å²) in [5, 5.41) is 8.67. The van der Waals surface area contributed by atoms with Crippen LogP contribution < -0.4 is 5.32 Å². The highest BCUT2D eigenvalue weighted by molar-refractivity contribution is 7.19. The fraction of sp³-hybridized carbons (Fsp3) is 0.478. The first-order valence-electron chi connectivity index (χ1n) is 10.8. The number of carbonyl (C=O) groups excluding carboxylic acids is 1. The number of aromatic nitrogens is 4. The molecule has 0 aliphatic heterocycles. The third-order valence-electron chi connectivity index (χ3n) is 5.46. The number of anilines is 1. The van der Waals surface area contributed by atoms with Crippen LogP contribution in [0.1, 0.15) is 49.7 Å². The van der Waals surface area contributed by atoms with Crippen molar-refractivity contribution in [3.8, 4) is 21.8 Å². The Morgan fingerprint density at radius 3 is 2.77 bits per heavy atom. The Morgan fingerprint density at radius 1 is 1.29 bits per heavy atom. The van der Waals surface area contributed by atoms with Gasteiger partial charge in [-0.05, 0) is 72.8 Å². The molecule has 31 heavy (non-hydrogen) atoms. The van der Waals surface area contributed by atoms with Gasteiger partial charge in [-0.15, -0.1) is 0 Å². The molecule has 8 heteroatoms. The summed E-state index contributed by atoms with van der Waals surface area (Å²) < 4.78 is 2.10. The number of amides is 1. The van der Waals surface area contributed by atoms with Gasteiger partial charge in [0.25, 0.3) is 0 Å². The Kier molecular flexibility index (Phi) is 6.20. The largest absolute Gasteiger partial charge is 0.309 e. The molecule has 3 aromatic heterocycles. The molecular weight excluding hydrogens is 408 g/mol. The molecule has 1 N–H and O–H groups in total. The number of nitrogens with zero attached hydrogens (tertiary/aromatic N) is 5. The van der Waals surface area contributed by atoms with Gasteiger partial charge < -0.3 is 10.2 Å². The van der Waals surface area contributed by atoms with Gasteiger partial charge in [-0.1, -0.05) is 11.3 Å². The van der Waals surface area contributed by atoms with E-state index in [1.807, 2.05) is 33.3 Å². The van der Waals surface area contributed by atoms with Crippen molar-refractivity contribution in [2.45, 2.75) is 52.5 Å². The summed E-state index contributed by atoms with van der Waals surface area (Å²) in [6.07, 6.45) is 4.98. The first-order valence-corrected chi connectivity index (χ1v) is 11.6. The molecular formula is C23H30N6OS. The summed E-state index contributed by atoms with van der Waals surface area (Å²) >= 11 is 1.56. The van der Waals surface area contributed by atoms with Crippen molar-refractivity contribution in [3.63, 3.8) is 0 Å². The van der Waals surface area contributed by atoms with Crippen LogP contribution in [0, 0.1) is 6.92 Å². The van der Waals surface area contributed by atoms with E-state index in [0.29, 0.717) is 11.6 Å². The van der Waals surface area contributed by atoms with Crippen molar-refractivity contribution < 1.29 is 4.79 Å². The highest BCUT2D eigenvalue weighted by atomic mass is 32.1. The molecule has 1 amide bonds. The third-order valence-corrected chi connectivity index (χ3v) is 6.48. The average Bonchev–Trinajstić information content (AvgIpc) is 3.29. The second-order valence-electron chi connectivity index (χ2n) is 8.65. The zero-order chi connectivity index (χ0) is 22.1. The number of nitrogens with one attached hydrogen (secondary N) is 1. The number of aryl methyl sites for hydroxylation is 2. The van der Waals surface area contributed by atoms with Crippen LogP contribution >= 0.6 is 11.3 Å². The molecule has 164 valence electrons. The second-order valence-corrected chi connectivity index (χ2v) is 9.65. The molecule has 1 aliphatic rings. The molecule has 0 fully saturated rings. The minimum atomic E-state index is 0.0250. The number of fused-ring (bicyclic) bond motifs is 3. The SMILES string of the molecule is Cc1ccc(-c2nn(C(C)C)c3c2CCc2nc(NC(=O)CCCN(C)C)sc2-3)cn1. The van der Waals surface area contributed by atoms with Gasteiger partial charge in [-0.25, -0.2) is 4.98 Å². The van der Waals surface area contributed by atoms with E-state index in [1.165, 1.54) is 5.56 Å². The molecule has 4 rings (SSSR count). The Labute approximate surface area is 187 Å². The smallest absolute Gasteiger partial charge is 0.226 e. The van der Waals surface area contributed by atoms with E-state index < -0.39 is 0 Å². The molecule has 0 saturated heterocycles. The molecule has 0 atom stereocenters. The van der Waals surface area contributed by atoms with Gasteiger partial charge in [-0.2, -0.15) is 5.10 Å². The van der Waals surface area contributed by atoms with E-state index in [9.17, 15) is 4.79 Å². The van der Waals surface area contributed by atoms with E-state index in [1.54, 1.807) is 11.3 Å². The quantitative estimate of drug-likeness (QED) is 0.594. The molecule has 1 aliphatic carbocycles. The van der Waals surface area contributed by atoms with E-state index in [-0.39, 0.29) is 11.9 Å². The van der Waals surface area contributed by atoms with E-state index >= 15 is 0 Å². The normalized spacial score (nSPS) is 12.9. The summed E-state index contributed by atoms with van der Waals surface area (Å²) in [6.45, 7) is 7.18. The minimum Gasteiger partial charge on any atom is -0.309 e. The van der Waals surface area contributed by atoms with Crippen molar-refractivity contribution in [1.29, 1.82) is 0 Å². The highest BCUT2D eigenvalue weighted by Gasteiger charge is 2.30. The number of hydrogen-bond donors (Lipinski definition) is 1. The van der Waals surface area contributed by atoms with Crippen LogP contribution in [0.25, 0.3) is 21.8 Å². The monoisotopic (exact) mass is 438 g/mol. The molecule has 0 saturated carbocycles. The second kappa shape index (κ2) is 8.88. The fourth-order valence-corrected chi connectivity index (χ4v) is 4.99. The molecule has 0 spiro atoms. The van der Waals surface area contributed by atoms with Gasteiger partial charge in [0.1, 0.15) is 0 Å². The van der Waals surface area contributed by atoms with E-state index in [2.05, 4.69) is 39.8 Å². The Bertz CT molecular complexity index is 1080. The third kappa shape index (κ3) is 4.55. The van der Waals surface area contributed by atoms with E-state index in [0.717, 1.165) is 59.0 Å². The van der Waals surface area contributed by atoms with Gasteiger partial charge in [0, 0.05) is 35.5 Å². The number of pyridine rings is 1. The molecule has 7 nitrogen and oxygen atoms in total. The Morgan fingerprint density at radius 2 is 2.10 bits per heavy atom. The highest BCUT2D eigenvalue weighted by Crippen LogP contribution is 2.44. The fourth-order valence-electron chi connectivity index (χ4n) is 3.90. The van der Waals surface area contributed by atoms with Gasteiger partial charge in [-0.3, -0.25) is 14.5 Å². The standard InChI is InChI=1S/C23H30N6OS/c1-14(2)29-21-17(20(27-29)16-9-8-15(3)24-13-16)10-11-18-22(21)31-23(25-18)26-19(30)7-6-12-28(4)5/h8-9,13-14H,6-7,10-12H2,1-5H3,(H,25,26,30). The zero-order valence-corrected chi connectivity index (χ0v) is 19.7. The van der Waals surface area contributed by atoms with Gasteiger partial charge in [0.2, 0.25) is 5.91 Å². The predicted molar refractivity (Wildman–Crippen MR) is 126 cm³/mol. The lowest BCUT2D eigenvalue weighted by atomic mass is 9.95. The van der Waals surface area contributed by atoms with Crippen LogP contribution in [-0.4, -0.2) is 51.2 Å². The topological polar surface area (TPSA) is 75.9 Å². The summed E-state index contributed by atoms with van der Waals surface area (Å²) in [6, 6.07) is 4.34. The van der Waals surface area contributed by atoms with Crippen molar-refractivity contribution >= 4 is 22.4 Å². The molecule has 0 aromatic carbocycles. The lowest BCUT2D eigenvalue weighted by molar-refractivity contribution is -0.116. The summed E-state index contributed by atoms with van der Waals surface area (Å²) in [4.78, 5) is 24.8. The summed E-state index contributed by atoms with van der Waals surface area (Å²) in [5.41, 5.74) is 6.48. The van der Waals surface area contributed by atoms with Crippen LogP contribution in [0.15, 0.2) is 18.3 Å². The van der Waals surface area contributed by atoms with Crippen molar-refractivity contribution in [2.75, 3.05) is 26.0 Å². The molecule has 3 heterocycles. The van der Waals surface area contributed by atoms with Crippen LogP contribution in [0.3, 0.4) is 0 Å². The van der Waals surface area contributed by atoms with Gasteiger partial charge in [0.15, 0.2) is 5.13 Å². The zero-order valence-electron chi connectivity index (χ0n) is 18.9. The van der Waals surface area contributed by atoms with Crippen LogP contribution in [0.5, 0.6) is 0 Å². The minimum absolute atomic E-state index is 0.0250. The van der Waals surface area contributed by atoms with Gasteiger partial charge in [0.05, 0.1) is 22.0 Å². The van der Waals surface area contributed by atoms with Crippen LogP contribution in [0.4, 0.5) is 5.13 Å². The number of hydrogen-bond acceptors (Lipinski definition) is 6. The lowest BCUT2D eigenvalue weighted by Crippen LogP contribution is -2.17. The predicted octanol–water partition coefficient (Wildman–Crippen LogP) is 4.34. The van der Waals surface area contributed by atoms with E-state index in [4.69, 9.17) is 10.1 Å². The van der Waals surface area contributed by atoms with Crippen LogP contribution in [0.2, 0.25) is 0 Å². The van der Waals surface area contributed by atoms with Gasteiger partial charge >= 0.3 is 0 Å². The Balaban J connectivity index is 1.64. The molecule has 3 aromatic rings. The molecule has 0 radical (unpaired) electrons. The van der Waals surface area contributed by atoms with Crippen LogP contribution in [-0.2, 0) is 17.6 Å². The maximum absolute atomic E-state index is 12.4. The summed E-state index contributed by atoms with van der Waals surface area (Å²) in [5.74, 6) is 0.0250. The maximum Gasteiger partial charge on any atom is 0.226 e. The average molecular weight is 439 g/mol. The van der Waals surface area contributed by atoms with Crippen molar-refractivity contribution in [1.82, 2.24) is 24.6 Å². The number of thiazole rings is 1. The molecule has 0 bridgehead atoms. The number of rotatable bonds is 7. The molecule has 0 unspecified atom stereocenters. The number of carbonyl (C=O) groups is 1. The first kappa shape index (κ1) is 21.6.